The maximum atomic E-state index is 2.78. The minimum Gasteiger partial charge on any atom is -1.00 e. The van der Waals surface area contributed by atoms with Crippen LogP contribution in [0.1, 0.15) is 121 Å². The quantitative estimate of drug-likeness (QED) is 0.233. The minimum atomic E-state index is -2.42. The molecule has 3 aromatic carbocycles. The molecule has 7 rings (SSSR count). The molecule has 4 aliphatic carbocycles. The molecule has 0 bridgehead atoms. The van der Waals surface area contributed by atoms with E-state index >= 15 is 0 Å². The van der Waals surface area contributed by atoms with E-state index in [1.54, 1.807) is 8.84 Å². The Morgan fingerprint density at radius 1 is 0.792 bits per heavy atom. The van der Waals surface area contributed by atoms with Gasteiger partial charge in [-0.1, -0.05) is 0 Å². The average Bonchev–Trinajstić information content (AvgIpc) is 3.61. The Kier molecular flexibility index (Phi) is 10.3. The Bertz CT molecular complexity index is 1920. The zero-order valence-corrected chi connectivity index (χ0v) is 34.6. The van der Waals surface area contributed by atoms with Crippen molar-refractivity contribution in [2.75, 3.05) is 0 Å². The molecule has 2 atom stereocenters. The molecule has 0 saturated heterocycles. The van der Waals surface area contributed by atoms with Gasteiger partial charge in [0, 0.05) is 0 Å². The van der Waals surface area contributed by atoms with Crippen molar-refractivity contribution < 1.29 is 46.1 Å². The predicted molar refractivity (Wildman–Crippen MR) is 197 cm³/mol. The summed E-state index contributed by atoms with van der Waals surface area (Å²) in [5.41, 5.74) is 18.3. The second-order valence-corrected chi connectivity index (χ2v) is 22.7. The summed E-state index contributed by atoms with van der Waals surface area (Å²) in [4.78, 5) is 0. The Morgan fingerprint density at radius 3 is 2.00 bits per heavy atom. The topological polar surface area (TPSA) is 0 Å². The van der Waals surface area contributed by atoms with Gasteiger partial charge in [-0.25, -0.2) is 0 Å². The van der Waals surface area contributed by atoms with Crippen molar-refractivity contribution in [3.05, 3.63) is 127 Å². The van der Waals surface area contributed by atoms with Gasteiger partial charge in [-0.15, -0.1) is 0 Å². The van der Waals surface area contributed by atoms with Gasteiger partial charge in [0.05, 0.1) is 0 Å². The zero-order chi connectivity index (χ0) is 32.8. The molecule has 3 aromatic rings. The van der Waals surface area contributed by atoms with Crippen LogP contribution in [0.3, 0.4) is 0 Å². The van der Waals surface area contributed by atoms with Crippen LogP contribution in [-0.4, -0.2) is 3.71 Å². The van der Waals surface area contributed by atoms with E-state index in [9.17, 15) is 0 Å². The zero-order valence-electron chi connectivity index (χ0n) is 30.6. The van der Waals surface area contributed by atoms with Crippen LogP contribution < -0.4 is 24.8 Å². The number of allylic oxidation sites excluding steroid dienone is 8. The van der Waals surface area contributed by atoms with Gasteiger partial charge < -0.3 is 24.8 Å². The average molecular weight is 755 g/mol. The van der Waals surface area contributed by atoms with Crippen LogP contribution in [0.15, 0.2) is 87.8 Å². The minimum absolute atomic E-state index is 0. The summed E-state index contributed by atoms with van der Waals surface area (Å²) >= 11 is -2.42. The van der Waals surface area contributed by atoms with Gasteiger partial charge in [-0.2, -0.15) is 0 Å². The van der Waals surface area contributed by atoms with Crippen LogP contribution in [0.4, 0.5) is 0 Å². The van der Waals surface area contributed by atoms with E-state index in [1.807, 2.05) is 0 Å². The Labute approximate surface area is 310 Å². The Morgan fingerprint density at radius 2 is 1.40 bits per heavy atom. The first-order valence-corrected chi connectivity index (χ1v) is 21.7. The van der Waals surface area contributed by atoms with Crippen molar-refractivity contribution in [1.82, 2.24) is 0 Å². The van der Waals surface area contributed by atoms with Crippen molar-refractivity contribution in [2.45, 2.75) is 103 Å². The van der Waals surface area contributed by atoms with Crippen LogP contribution in [0.5, 0.6) is 0 Å². The third kappa shape index (κ3) is 6.24. The van der Waals surface area contributed by atoms with Crippen LogP contribution >= 0.6 is 0 Å². The largest absolute Gasteiger partial charge is 1.00 e. The number of fused-ring (bicyclic) bond motifs is 5. The van der Waals surface area contributed by atoms with E-state index < -0.39 is 21.3 Å². The monoisotopic (exact) mass is 752 g/mol. The summed E-state index contributed by atoms with van der Waals surface area (Å²) in [5, 5.41) is 0. The van der Waals surface area contributed by atoms with Crippen molar-refractivity contribution >= 4 is 14.9 Å². The summed E-state index contributed by atoms with van der Waals surface area (Å²) in [7, 11) is 0. The van der Waals surface area contributed by atoms with Gasteiger partial charge in [0.15, 0.2) is 0 Å². The predicted octanol–water partition coefficient (Wildman–Crippen LogP) is 6.20. The molecule has 0 fully saturated rings. The second kappa shape index (κ2) is 13.3. The van der Waals surface area contributed by atoms with Crippen LogP contribution in [0, 0.1) is 11.3 Å². The number of hydrogen-bond donors (Lipinski definition) is 0. The van der Waals surface area contributed by atoms with Crippen molar-refractivity contribution in [3.63, 3.8) is 0 Å². The first kappa shape index (κ1) is 37.2. The summed E-state index contributed by atoms with van der Waals surface area (Å²) in [5.74, 6) is 0.566. The molecule has 0 N–H and O–H groups in total. The number of hydrogen-bond acceptors (Lipinski definition) is 0. The third-order valence-electron chi connectivity index (χ3n) is 11.7. The molecule has 2 unspecified atom stereocenters. The molecule has 48 heavy (non-hydrogen) atoms. The second-order valence-electron chi connectivity index (χ2n) is 16.8. The Balaban J connectivity index is 0.00000225. The molecule has 250 valence electrons. The van der Waals surface area contributed by atoms with Crippen LogP contribution in [-0.2, 0) is 38.5 Å². The van der Waals surface area contributed by atoms with E-state index in [4.69, 9.17) is 0 Å². The van der Waals surface area contributed by atoms with E-state index in [-0.39, 0.29) is 41.1 Å². The fourth-order valence-corrected chi connectivity index (χ4v) is 17.7. The molecule has 3 heteroatoms. The fraction of sp³-hybridized carbons (Fsp3) is 0.400. The van der Waals surface area contributed by atoms with E-state index in [2.05, 4.69) is 152 Å². The fourth-order valence-electron chi connectivity index (χ4n) is 8.67. The van der Waals surface area contributed by atoms with Gasteiger partial charge in [0.25, 0.3) is 0 Å². The normalized spacial score (nSPS) is 21.3. The van der Waals surface area contributed by atoms with E-state index in [1.165, 1.54) is 67.6 Å². The molecular weight excluding hydrogens is 703 g/mol. The van der Waals surface area contributed by atoms with Crippen molar-refractivity contribution in [3.8, 4) is 11.1 Å². The van der Waals surface area contributed by atoms with Gasteiger partial charge in [-0.3, -0.25) is 0 Å². The first-order valence-electron chi connectivity index (χ1n) is 17.6. The standard InChI is InChI=1S/C27H29.C11H17.C7H6.2ClH.Zr/c1-16-7-9-26(3,4)24-12-18-11-19-13-25-21(17(2)8-10-27(25,5)6)15-23(19)22(18)14-20(16)24;1-5-9-6-7-10(8-9)11(2,3)4;1-7-5-3-2-4-6-7;;;/h7-9,12-15H,10-11H2,1-6H3;7-9H,5H2,1-4H3;1-6H;2*1H;/q;;;;;+2/p-2. The number of benzene rings is 3. The van der Waals surface area contributed by atoms with Crippen LogP contribution in [0.25, 0.3) is 22.3 Å². The van der Waals surface area contributed by atoms with Crippen LogP contribution in [0.2, 0.25) is 3.63 Å². The van der Waals surface area contributed by atoms with Gasteiger partial charge in [-0.05, 0) is 0 Å². The molecule has 4 aliphatic rings. The molecule has 0 heterocycles. The summed E-state index contributed by atoms with van der Waals surface area (Å²) in [6.07, 6.45) is 13.8. The molecule has 0 nitrogen and oxygen atoms in total. The molecule has 0 aromatic heterocycles. The van der Waals surface area contributed by atoms with E-state index in [0.29, 0.717) is 9.54 Å². The summed E-state index contributed by atoms with van der Waals surface area (Å²) < 4.78 is 5.12. The number of rotatable bonds is 4. The molecule has 0 amide bonds. The van der Waals surface area contributed by atoms with E-state index in [0.717, 1.165) is 12.8 Å². The smallest absolute Gasteiger partial charge is 1.00 e. The van der Waals surface area contributed by atoms with Crippen molar-refractivity contribution in [2.24, 2.45) is 11.3 Å². The molecule has 0 radical (unpaired) electrons. The molecular formula is C45H52Cl2Zr. The van der Waals surface area contributed by atoms with Crippen molar-refractivity contribution in [1.29, 1.82) is 0 Å². The van der Waals surface area contributed by atoms with Gasteiger partial charge >= 0.3 is 288 Å². The Hall–Kier alpha value is -2.05. The maximum Gasteiger partial charge on any atom is -1.00 e. The van der Waals surface area contributed by atoms with Gasteiger partial charge in [0.1, 0.15) is 0 Å². The third-order valence-corrected chi connectivity index (χ3v) is 20.1. The molecule has 0 spiro atoms. The summed E-state index contributed by atoms with van der Waals surface area (Å²) in [6.45, 7) is 24.2. The SMILES string of the molecule is CCC1C=C(C(C)(C)C)C=[C]1[Zr+2](=[CH]c1ccccc1)[CH]1C=C(C)c2cc3c(cc2C1(C)C)Cc1cc2c(cc1-3)C(C)=CCC2(C)C.[Cl-].[Cl-]. The number of halogens is 2. The van der Waals surface area contributed by atoms with Gasteiger partial charge in [0.2, 0.25) is 0 Å². The maximum absolute atomic E-state index is 2.78. The molecule has 0 saturated carbocycles. The molecule has 0 aliphatic heterocycles. The first-order chi connectivity index (χ1) is 21.7. The summed E-state index contributed by atoms with van der Waals surface area (Å²) in [6, 6.07) is 21.6.